The molecule has 0 heterocycles. The fourth-order valence-electron chi connectivity index (χ4n) is 3.80. The lowest BCUT2D eigenvalue weighted by molar-refractivity contribution is 0.137. The van der Waals surface area contributed by atoms with Crippen LogP contribution in [0.2, 0.25) is 0 Å². The largest absolute Gasteiger partial charge is 0.310 e. The quantitative estimate of drug-likeness (QED) is 0.765. The van der Waals surface area contributed by atoms with Gasteiger partial charge in [0.05, 0.1) is 0 Å². The van der Waals surface area contributed by atoms with Crippen molar-refractivity contribution in [2.45, 2.75) is 79.3 Å². The second-order valence-electron chi connectivity index (χ2n) is 7.77. The normalized spacial score (nSPS) is 23.3. The summed E-state index contributed by atoms with van der Waals surface area (Å²) in [6.45, 7) is 12.6. The zero-order chi connectivity index (χ0) is 15.5. The standard InChI is InChI=1S/C20H33N/c1-6-20(4,5)18-7-9-19(10-8-18)21-14-17-12-15(2)11-16(3)13-17/h11-13,18-19,21H,6-10,14H2,1-5H3. The Morgan fingerprint density at radius 3 is 2.10 bits per heavy atom. The zero-order valence-corrected chi connectivity index (χ0v) is 14.6. The smallest absolute Gasteiger partial charge is 0.0208 e. The van der Waals surface area contributed by atoms with Gasteiger partial charge in [0, 0.05) is 12.6 Å². The van der Waals surface area contributed by atoms with Gasteiger partial charge in [-0.3, -0.25) is 0 Å². The monoisotopic (exact) mass is 287 g/mol. The van der Waals surface area contributed by atoms with Crippen LogP contribution in [0.25, 0.3) is 0 Å². The Balaban J connectivity index is 1.81. The van der Waals surface area contributed by atoms with Gasteiger partial charge in [-0.05, 0) is 56.4 Å². The number of aryl methyl sites for hydroxylation is 2. The minimum absolute atomic E-state index is 0.526. The Labute approximate surface area is 131 Å². The number of rotatable bonds is 5. The van der Waals surface area contributed by atoms with E-state index in [4.69, 9.17) is 0 Å². The summed E-state index contributed by atoms with van der Waals surface area (Å²) in [6, 6.07) is 7.59. The molecule has 0 amide bonds. The van der Waals surface area contributed by atoms with Crippen LogP contribution < -0.4 is 5.32 Å². The molecule has 1 aromatic rings. The molecule has 1 aliphatic rings. The van der Waals surface area contributed by atoms with Crippen LogP contribution in [0.1, 0.15) is 69.6 Å². The van der Waals surface area contributed by atoms with Gasteiger partial charge < -0.3 is 5.32 Å². The van der Waals surface area contributed by atoms with Gasteiger partial charge in [-0.2, -0.15) is 0 Å². The summed E-state index contributed by atoms with van der Waals surface area (Å²) < 4.78 is 0. The lowest BCUT2D eigenvalue weighted by Gasteiger charge is -2.39. The van der Waals surface area contributed by atoms with Crippen LogP contribution in [0, 0.1) is 25.2 Å². The summed E-state index contributed by atoms with van der Waals surface area (Å²) in [5, 5.41) is 3.78. The van der Waals surface area contributed by atoms with Gasteiger partial charge in [-0.15, -0.1) is 0 Å². The fraction of sp³-hybridized carbons (Fsp3) is 0.700. The van der Waals surface area contributed by atoms with Crippen molar-refractivity contribution in [3.8, 4) is 0 Å². The molecule has 1 heteroatoms. The summed E-state index contributed by atoms with van der Waals surface area (Å²) >= 11 is 0. The number of benzene rings is 1. The van der Waals surface area contributed by atoms with E-state index in [0.717, 1.165) is 18.5 Å². The molecule has 0 radical (unpaired) electrons. The second kappa shape index (κ2) is 6.96. The lowest BCUT2D eigenvalue weighted by atomic mass is 9.69. The minimum atomic E-state index is 0.526. The van der Waals surface area contributed by atoms with Crippen LogP contribution >= 0.6 is 0 Å². The molecule has 0 spiro atoms. The van der Waals surface area contributed by atoms with Crippen LogP contribution in [0.5, 0.6) is 0 Å². The van der Waals surface area contributed by atoms with E-state index in [-0.39, 0.29) is 0 Å². The van der Waals surface area contributed by atoms with Gasteiger partial charge in [0.25, 0.3) is 0 Å². The Bertz CT molecular complexity index is 433. The first-order valence-corrected chi connectivity index (χ1v) is 8.71. The van der Waals surface area contributed by atoms with E-state index in [1.54, 1.807) is 0 Å². The van der Waals surface area contributed by atoms with Crippen molar-refractivity contribution >= 4 is 0 Å². The fourth-order valence-corrected chi connectivity index (χ4v) is 3.80. The van der Waals surface area contributed by atoms with Crippen molar-refractivity contribution in [3.05, 3.63) is 34.9 Å². The highest BCUT2D eigenvalue weighted by Gasteiger charge is 2.31. The molecule has 1 saturated carbocycles. The summed E-state index contributed by atoms with van der Waals surface area (Å²) in [7, 11) is 0. The van der Waals surface area contributed by atoms with Gasteiger partial charge in [-0.1, -0.05) is 56.5 Å². The molecule has 21 heavy (non-hydrogen) atoms. The number of nitrogens with one attached hydrogen (secondary N) is 1. The van der Waals surface area contributed by atoms with E-state index < -0.39 is 0 Å². The van der Waals surface area contributed by atoms with Gasteiger partial charge >= 0.3 is 0 Å². The Kier molecular flexibility index (Phi) is 5.48. The number of hydrogen-bond acceptors (Lipinski definition) is 1. The maximum Gasteiger partial charge on any atom is 0.0208 e. The average molecular weight is 287 g/mol. The summed E-state index contributed by atoms with van der Waals surface area (Å²) in [4.78, 5) is 0. The van der Waals surface area contributed by atoms with Crippen molar-refractivity contribution in [1.82, 2.24) is 5.32 Å². The molecule has 0 aliphatic heterocycles. The third kappa shape index (κ3) is 4.57. The first-order valence-electron chi connectivity index (χ1n) is 8.71. The van der Waals surface area contributed by atoms with Crippen LogP contribution in [0.4, 0.5) is 0 Å². The molecule has 1 aliphatic carbocycles. The molecule has 118 valence electrons. The van der Waals surface area contributed by atoms with Crippen molar-refractivity contribution < 1.29 is 0 Å². The van der Waals surface area contributed by atoms with Crippen LogP contribution in [-0.4, -0.2) is 6.04 Å². The van der Waals surface area contributed by atoms with E-state index in [2.05, 4.69) is 58.1 Å². The molecule has 1 aromatic carbocycles. The van der Waals surface area contributed by atoms with Gasteiger partial charge in [-0.25, -0.2) is 0 Å². The molecule has 1 nitrogen and oxygen atoms in total. The summed E-state index contributed by atoms with van der Waals surface area (Å²) in [6.07, 6.45) is 6.78. The Hall–Kier alpha value is -0.820. The molecule has 2 rings (SSSR count). The predicted octanol–water partition coefficient (Wildman–Crippen LogP) is 5.39. The van der Waals surface area contributed by atoms with Gasteiger partial charge in [0.2, 0.25) is 0 Å². The Morgan fingerprint density at radius 2 is 1.57 bits per heavy atom. The van der Waals surface area contributed by atoms with E-state index in [9.17, 15) is 0 Å². The van der Waals surface area contributed by atoms with E-state index >= 15 is 0 Å². The highest BCUT2D eigenvalue weighted by atomic mass is 14.9. The van der Waals surface area contributed by atoms with Gasteiger partial charge in [0.15, 0.2) is 0 Å². The highest BCUT2D eigenvalue weighted by Crippen LogP contribution is 2.40. The van der Waals surface area contributed by atoms with E-state index in [1.807, 2.05) is 0 Å². The molecule has 0 atom stereocenters. The first-order chi connectivity index (χ1) is 9.90. The van der Waals surface area contributed by atoms with Crippen LogP contribution in [-0.2, 0) is 6.54 Å². The van der Waals surface area contributed by atoms with Crippen molar-refractivity contribution in [1.29, 1.82) is 0 Å². The lowest BCUT2D eigenvalue weighted by Crippen LogP contribution is -2.36. The molecule has 1 N–H and O–H groups in total. The maximum absolute atomic E-state index is 3.78. The SMILES string of the molecule is CCC(C)(C)C1CCC(NCc2cc(C)cc(C)c2)CC1. The molecule has 0 unspecified atom stereocenters. The molecular weight excluding hydrogens is 254 g/mol. The molecule has 1 fully saturated rings. The minimum Gasteiger partial charge on any atom is -0.310 e. The van der Waals surface area contributed by atoms with Crippen molar-refractivity contribution in [3.63, 3.8) is 0 Å². The van der Waals surface area contributed by atoms with Crippen LogP contribution in [0.15, 0.2) is 18.2 Å². The van der Waals surface area contributed by atoms with E-state index in [0.29, 0.717) is 5.41 Å². The predicted molar refractivity (Wildman–Crippen MR) is 92.6 cm³/mol. The maximum atomic E-state index is 3.78. The third-order valence-electron chi connectivity index (χ3n) is 5.62. The average Bonchev–Trinajstić information content (AvgIpc) is 2.44. The van der Waals surface area contributed by atoms with E-state index in [1.165, 1.54) is 48.8 Å². The Morgan fingerprint density at radius 1 is 1.00 bits per heavy atom. The topological polar surface area (TPSA) is 12.0 Å². The molecule has 0 saturated heterocycles. The molecule has 0 bridgehead atoms. The first kappa shape index (κ1) is 16.5. The highest BCUT2D eigenvalue weighted by molar-refractivity contribution is 5.28. The summed E-state index contributed by atoms with van der Waals surface area (Å²) in [5.74, 6) is 0.918. The van der Waals surface area contributed by atoms with Crippen molar-refractivity contribution in [2.24, 2.45) is 11.3 Å². The zero-order valence-electron chi connectivity index (χ0n) is 14.6. The second-order valence-corrected chi connectivity index (χ2v) is 7.77. The van der Waals surface area contributed by atoms with Gasteiger partial charge in [0.1, 0.15) is 0 Å². The molecular formula is C20H33N. The van der Waals surface area contributed by atoms with Crippen molar-refractivity contribution in [2.75, 3.05) is 0 Å². The molecule has 0 aromatic heterocycles. The van der Waals surface area contributed by atoms with Crippen LogP contribution in [0.3, 0.4) is 0 Å². The number of hydrogen-bond donors (Lipinski definition) is 1. The summed E-state index contributed by atoms with van der Waals surface area (Å²) in [5.41, 5.74) is 4.71. The third-order valence-corrected chi connectivity index (χ3v) is 5.62.